The zero-order valence-corrected chi connectivity index (χ0v) is 18.5. The zero-order valence-electron chi connectivity index (χ0n) is 18.5. The number of nitrogens with zero attached hydrogens (tertiary/aromatic N) is 5. The molecular weight excluding hydrogens is 413 g/mol. The van der Waals surface area contributed by atoms with E-state index in [1.54, 1.807) is 6.20 Å². The lowest BCUT2D eigenvalue weighted by molar-refractivity contribution is 0.0931. The van der Waals surface area contributed by atoms with Gasteiger partial charge in [0.15, 0.2) is 11.6 Å². The van der Waals surface area contributed by atoms with Gasteiger partial charge in [-0.2, -0.15) is 10.1 Å². The first-order chi connectivity index (χ1) is 15.2. The number of nitrogens with one attached hydrogen (secondary N) is 2. The molecule has 0 spiro atoms. The predicted molar refractivity (Wildman–Crippen MR) is 121 cm³/mol. The van der Waals surface area contributed by atoms with Crippen LogP contribution in [0.2, 0.25) is 0 Å². The molecule has 1 atom stereocenters. The number of fused-ring (bicyclic) bond motifs is 1. The molecule has 3 N–H and O–H groups in total. The van der Waals surface area contributed by atoms with E-state index >= 15 is 0 Å². The maximum atomic E-state index is 14.8. The number of H-pyrrole nitrogens is 1. The number of aromatic amines is 1. The van der Waals surface area contributed by atoms with Gasteiger partial charge in [-0.1, -0.05) is 0 Å². The smallest absolute Gasteiger partial charge is 0.407 e. The second kappa shape index (κ2) is 8.60. The normalized spacial score (nSPS) is 16.9. The molecule has 1 fully saturated rings. The fraction of sp³-hybridized carbons (Fsp3) is 0.455. The molecule has 10 heteroatoms. The highest BCUT2D eigenvalue weighted by molar-refractivity contribution is 5.82. The molecule has 1 aromatic carbocycles. The van der Waals surface area contributed by atoms with Crippen molar-refractivity contribution in [3.8, 4) is 0 Å². The van der Waals surface area contributed by atoms with Crippen molar-refractivity contribution < 1.29 is 14.3 Å². The van der Waals surface area contributed by atoms with E-state index in [1.165, 1.54) is 4.90 Å². The van der Waals surface area contributed by atoms with Crippen LogP contribution in [0.4, 0.5) is 26.6 Å². The molecule has 1 amide bonds. The highest BCUT2D eigenvalue weighted by Crippen LogP contribution is 2.29. The number of anilines is 3. The average Bonchev–Trinajstić information content (AvgIpc) is 3.20. The fourth-order valence-corrected chi connectivity index (χ4v) is 4.08. The van der Waals surface area contributed by atoms with Gasteiger partial charge in [-0.15, -0.1) is 0 Å². The number of amides is 1. The minimum atomic E-state index is -0.984. The second-order valence-electron chi connectivity index (χ2n) is 9.07. The van der Waals surface area contributed by atoms with Crippen molar-refractivity contribution >= 4 is 34.4 Å². The van der Waals surface area contributed by atoms with Crippen LogP contribution < -0.4 is 10.2 Å². The minimum absolute atomic E-state index is 0.169. The number of aromatic nitrogens is 4. The Balaban J connectivity index is 1.59. The number of carbonyl (C=O) groups is 1. The number of rotatable bonds is 5. The number of benzene rings is 1. The van der Waals surface area contributed by atoms with Crippen LogP contribution in [0.15, 0.2) is 30.6 Å². The van der Waals surface area contributed by atoms with E-state index in [4.69, 9.17) is 0 Å². The van der Waals surface area contributed by atoms with Crippen LogP contribution in [0.25, 0.3) is 10.9 Å². The van der Waals surface area contributed by atoms with E-state index in [0.717, 1.165) is 42.0 Å². The first-order valence-corrected chi connectivity index (χ1v) is 10.7. The summed E-state index contributed by atoms with van der Waals surface area (Å²) in [6.45, 7) is 6.46. The van der Waals surface area contributed by atoms with E-state index in [-0.39, 0.29) is 24.4 Å². The lowest BCUT2D eigenvalue weighted by Gasteiger charge is -2.42. The predicted octanol–water partition coefficient (Wildman–Crippen LogP) is 4.37. The highest BCUT2D eigenvalue weighted by atomic mass is 19.1. The van der Waals surface area contributed by atoms with E-state index in [0.29, 0.717) is 6.54 Å². The molecule has 4 rings (SSSR count). The Bertz CT molecular complexity index is 1110. The first-order valence-electron chi connectivity index (χ1n) is 10.7. The van der Waals surface area contributed by atoms with Crippen LogP contribution in [0.3, 0.4) is 0 Å². The van der Waals surface area contributed by atoms with Crippen LogP contribution in [-0.4, -0.2) is 60.9 Å². The third-order valence-electron chi connectivity index (χ3n) is 5.76. The Morgan fingerprint density at radius 3 is 2.91 bits per heavy atom. The quantitative estimate of drug-likeness (QED) is 0.539. The molecule has 0 radical (unpaired) electrons. The van der Waals surface area contributed by atoms with Gasteiger partial charge in [0.25, 0.3) is 0 Å². The number of halogens is 1. The Labute approximate surface area is 185 Å². The van der Waals surface area contributed by atoms with Crippen molar-refractivity contribution in [2.24, 2.45) is 0 Å². The minimum Gasteiger partial charge on any atom is -0.465 e. The molecule has 3 aromatic rings. The summed E-state index contributed by atoms with van der Waals surface area (Å²) < 4.78 is 14.8. The molecule has 1 unspecified atom stereocenters. The molecule has 0 aliphatic carbocycles. The van der Waals surface area contributed by atoms with Crippen LogP contribution >= 0.6 is 0 Å². The van der Waals surface area contributed by atoms with Gasteiger partial charge in [-0.05, 0) is 58.2 Å². The van der Waals surface area contributed by atoms with E-state index < -0.39 is 17.4 Å². The molecule has 170 valence electrons. The maximum absolute atomic E-state index is 14.8. The van der Waals surface area contributed by atoms with Crippen LogP contribution in [0.1, 0.15) is 40.0 Å². The van der Waals surface area contributed by atoms with Gasteiger partial charge in [0.1, 0.15) is 0 Å². The summed E-state index contributed by atoms with van der Waals surface area (Å²) in [5.41, 5.74) is 1.06. The third-order valence-corrected chi connectivity index (χ3v) is 5.76. The van der Waals surface area contributed by atoms with Crippen molar-refractivity contribution in [1.29, 1.82) is 0 Å². The summed E-state index contributed by atoms with van der Waals surface area (Å²) in [4.78, 5) is 23.7. The molecule has 1 aliphatic heterocycles. The molecule has 1 saturated heterocycles. The van der Waals surface area contributed by atoms with Crippen LogP contribution in [-0.2, 0) is 0 Å². The standard InChI is InChI=1S/C22H28FN7O2/c1-22(2,3)30(21(31)32)13-16-6-4-5-9-29(16)19-17(23)12-24-20(27-19)26-15-8-7-14-11-25-28-18(14)10-15/h7-8,10-12,16H,4-6,9,13H2,1-3H3,(H,25,28)(H,31,32)(H,24,26,27). The van der Waals surface area contributed by atoms with Gasteiger partial charge in [0.2, 0.25) is 5.95 Å². The SMILES string of the molecule is CC(C)(C)N(CC1CCCCN1c1nc(Nc2ccc3cn[nH]c3c2)ncc1F)C(=O)O. The number of hydrogen-bond donors (Lipinski definition) is 3. The van der Waals surface area contributed by atoms with Gasteiger partial charge in [0, 0.05) is 35.7 Å². The Morgan fingerprint density at radius 1 is 1.34 bits per heavy atom. The van der Waals surface area contributed by atoms with E-state index in [1.807, 2.05) is 43.9 Å². The molecule has 32 heavy (non-hydrogen) atoms. The van der Waals surface area contributed by atoms with Gasteiger partial charge in [-0.25, -0.2) is 14.2 Å². The van der Waals surface area contributed by atoms with Crippen molar-refractivity contribution in [3.63, 3.8) is 0 Å². The summed E-state index contributed by atoms with van der Waals surface area (Å²) in [6.07, 6.45) is 4.53. The van der Waals surface area contributed by atoms with Gasteiger partial charge in [-0.3, -0.25) is 5.10 Å². The lowest BCUT2D eigenvalue weighted by atomic mass is 9.99. The molecule has 2 aromatic heterocycles. The van der Waals surface area contributed by atoms with Gasteiger partial charge in [0.05, 0.1) is 17.9 Å². The van der Waals surface area contributed by atoms with E-state index in [2.05, 4.69) is 25.5 Å². The summed E-state index contributed by atoms with van der Waals surface area (Å²) in [7, 11) is 0. The Hall–Kier alpha value is -3.43. The number of hydrogen-bond acceptors (Lipinski definition) is 6. The summed E-state index contributed by atoms with van der Waals surface area (Å²) in [6, 6.07) is 5.51. The Morgan fingerprint density at radius 2 is 2.16 bits per heavy atom. The van der Waals surface area contributed by atoms with Crippen LogP contribution in [0, 0.1) is 5.82 Å². The monoisotopic (exact) mass is 441 g/mol. The van der Waals surface area contributed by atoms with Crippen molar-refractivity contribution in [1.82, 2.24) is 25.1 Å². The number of piperidine rings is 1. The summed E-state index contributed by atoms with van der Waals surface area (Å²) in [5.74, 6) is -0.0614. The lowest BCUT2D eigenvalue weighted by Crippen LogP contribution is -2.54. The first kappa shape index (κ1) is 21.8. The molecule has 9 nitrogen and oxygen atoms in total. The molecule has 3 heterocycles. The van der Waals surface area contributed by atoms with Gasteiger partial charge >= 0.3 is 6.09 Å². The van der Waals surface area contributed by atoms with Crippen molar-refractivity contribution in [2.75, 3.05) is 23.3 Å². The zero-order chi connectivity index (χ0) is 22.9. The second-order valence-corrected chi connectivity index (χ2v) is 9.07. The number of carboxylic acid groups (broad SMARTS) is 1. The largest absolute Gasteiger partial charge is 0.465 e. The third kappa shape index (κ3) is 4.58. The average molecular weight is 442 g/mol. The Kier molecular flexibility index (Phi) is 5.86. The van der Waals surface area contributed by atoms with E-state index in [9.17, 15) is 14.3 Å². The highest BCUT2D eigenvalue weighted by Gasteiger charge is 2.33. The topological polar surface area (TPSA) is 110 Å². The summed E-state index contributed by atoms with van der Waals surface area (Å²) in [5, 5.41) is 20.7. The fourth-order valence-electron chi connectivity index (χ4n) is 4.08. The molecule has 0 bridgehead atoms. The van der Waals surface area contributed by atoms with Crippen molar-refractivity contribution in [2.45, 2.75) is 51.6 Å². The van der Waals surface area contributed by atoms with Crippen LogP contribution in [0.5, 0.6) is 0 Å². The molecule has 1 aliphatic rings. The maximum Gasteiger partial charge on any atom is 0.407 e. The van der Waals surface area contributed by atoms with Crippen molar-refractivity contribution in [3.05, 3.63) is 36.4 Å². The molecule has 0 saturated carbocycles. The van der Waals surface area contributed by atoms with Gasteiger partial charge < -0.3 is 20.2 Å². The summed E-state index contributed by atoms with van der Waals surface area (Å²) >= 11 is 0. The molecular formula is C22H28FN7O2.